The van der Waals surface area contributed by atoms with Crippen molar-refractivity contribution in [2.75, 3.05) is 31.1 Å². The van der Waals surface area contributed by atoms with Crippen LogP contribution in [0.5, 0.6) is 0 Å². The van der Waals surface area contributed by atoms with Gasteiger partial charge in [0, 0.05) is 37.1 Å². The van der Waals surface area contributed by atoms with Crippen molar-refractivity contribution >= 4 is 34.9 Å². The number of halogens is 2. The van der Waals surface area contributed by atoms with E-state index in [4.69, 9.17) is 23.2 Å². The summed E-state index contributed by atoms with van der Waals surface area (Å²) in [5.74, 6) is 1.57. The minimum atomic E-state index is 0.106. The van der Waals surface area contributed by atoms with Gasteiger partial charge >= 0.3 is 0 Å². The molecule has 1 aliphatic heterocycles. The molecular formula is C19H19Cl2N3O. The number of nitrogens with zero attached hydrogens (tertiary/aromatic N) is 3. The molecule has 1 saturated heterocycles. The Morgan fingerprint density at radius 2 is 1.80 bits per heavy atom. The van der Waals surface area contributed by atoms with Gasteiger partial charge in [-0.25, -0.2) is 4.98 Å². The van der Waals surface area contributed by atoms with E-state index in [-0.39, 0.29) is 11.8 Å². The predicted octanol–water partition coefficient (Wildman–Crippen LogP) is 3.84. The number of amides is 1. The number of pyridine rings is 1. The zero-order chi connectivity index (χ0) is 17.4. The van der Waals surface area contributed by atoms with Crippen LogP contribution in [0.1, 0.15) is 17.9 Å². The van der Waals surface area contributed by atoms with Gasteiger partial charge in [-0.1, -0.05) is 41.4 Å². The van der Waals surface area contributed by atoms with Crippen molar-refractivity contribution in [1.82, 2.24) is 9.88 Å². The van der Waals surface area contributed by atoms with Crippen LogP contribution in [-0.4, -0.2) is 42.0 Å². The van der Waals surface area contributed by atoms with Crippen LogP contribution in [0.4, 0.5) is 5.82 Å². The number of anilines is 1. The summed E-state index contributed by atoms with van der Waals surface area (Å²) in [4.78, 5) is 21.3. The topological polar surface area (TPSA) is 36.4 Å². The summed E-state index contributed by atoms with van der Waals surface area (Å²) in [5, 5.41) is 1.23. The van der Waals surface area contributed by atoms with Crippen LogP contribution < -0.4 is 4.90 Å². The van der Waals surface area contributed by atoms with E-state index in [1.165, 1.54) is 5.56 Å². The number of hydrogen-bond donors (Lipinski definition) is 0. The summed E-state index contributed by atoms with van der Waals surface area (Å²) in [7, 11) is 0. The molecule has 0 N–H and O–H groups in total. The van der Waals surface area contributed by atoms with Crippen LogP contribution >= 0.6 is 23.2 Å². The summed E-state index contributed by atoms with van der Waals surface area (Å²) in [6.07, 6.45) is 0.926. The maximum atomic E-state index is 12.8. The predicted molar refractivity (Wildman–Crippen MR) is 100 cm³/mol. The van der Waals surface area contributed by atoms with Crippen molar-refractivity contribution in [2.24, 2.45) is 5.92 Å². The first-order valence-corrected chi connectivity index (χ1v) is 9.29. The molecule has 0 bridgehead atoms. The largest absolute Gasteiger partial charge is 0.353 e. The molecule has 0 spiro atoms. The zero-order valence-corrected chi connectivity index (χ0v) is 15.2. The van der Waals surface area contributed by atoms with Crippen molar-refractivity contribution in [3.8, 4) is 0 Å². The monoisotopic (exact) mass is 375 g/mol. The van der Waals surface area contributed by atoms with Gasteiger partial charge in [0.25, 0.3) is 0 Å². The average molecular weight is 376 g/mol. The SMILES string of the molecule is O=C(C1CC1c1cccc(Cl)c1)N1CCN(c2cccc(Cl)n2)CC1. The van der Waals surface area contributed by atoms with Crippen molar-refractivity contribution in [1.29, 1.82) is 0 Å². The number of aromatic nitrogens is 1. The van der Waals surface area contributed by atoms with E-state index in [1.807, 2.05) is 35.2 Å². The molecular weight excluding hydrogens is 357 g/mol. The highest BCUT2D eigenvalue weighted by Crippen LogP contribution is 2.48. The van der Waals surface area contributed by atoms with Gasteiger partial charge in [0.2, 0.25) is 5.91 Å². The first-order valence-electron chi connectivity index (χ1n) is 8.53. The normalized spacial score (nSPS) is 22.8. The highest BCUT2D eigenvalue weighted by molar-refractivity contribution is 6.30. The van der Waals surface area contributed by atoms with Crippen LogP contribution in [0.15, 0.2) is 42.5 Å². The third-order valence-electron chi connectivity index (χ3n) is 5.00. The summed E-state index contributed by atoms with van der Waals surface area (Å²) in [5.41, 5.74) is 1.17. The maximum Gasteiger partial charge on any atom is 0.226 e. The van der Waals surface area contributed by atoms with Crippen LogP contribution in [-0.2, 0) is 4.79 Å². The Morgan fingerprint density at radius 1 is 1.04 bits per heavy atom. The van der Waals surface area contributed by atoms with E-state index in [1.54, 1.807) is 6.07 Å². The smallest absolute Gasteiger partial charge is 0.226 e. The lowest BCUT2D eigenvalue weighted by Crippen LogP contribution is -2.49. The van der Waals surface area contributed by atoms with Crippen LogP contribution in [0.2, 0.25) is 10.2 Å². The Kier molecular flexibility index (Phi) is 4.57. The molecule has 2 aliphatic rings. The molecule has 2 fully saturated rings. The molecule has 2 atom stereocenters. The summed E-state index contributed by atoms with van der Waals surface area (Å²) in [6, 6.07) is 13.5. The molecule has 1 aromatic heterocycles. The van der Waals surface area contributed by atoms with Crippen LogP contribution in [0.3, 0.4) is 0 Å². The Balaban J connectivity index is 1.35. The quantitative estimate of drug-likeness (QED) is 0.764. The molecule has 6 heteroatoms. The Morgan fingerprint density at radius 3 is 2.52 bits per heavy atom. The Hall–Kier alpha value is -1.78. The van der Waals surface area contributed by atoms with E-state index < -0.39 is 0 Å². The van der Waals surface area contributed by atoms with Crippen LogP contribution in [0, 0.1) is 5.92 Å². The molecule has 25 heavy (non-hydrogen) atoms. The van der Waals surface area contributed by atoms with Gasteiger partial charge in [-0.3, -0.25) is 4.79 Å². The lowest BCUT2D eigenvalue weighted by atomic mass is 10.1. The highest BCUT2D eigenvalue weighted by atomic mass is 35.5. The molecule has 4 nitrogen and oxygen atoms in total. The molecule has 1 aromatic carbocycles. The summed E-state index contributed by atoms with van der Waals surface area (Å²) < 4.78 is 0. The van der Waals surface area contributed by atoms with Gasteiger partial charge in [-0.2, -0.15) is 0 Å². The summed E-state index contributed by atoms with van der Waals surface area (Å²) >= 11 is 12.0. The van der Waals surface area contributed by atoms with Crippen molar-refractivity contribution in [3.63, 3.8) is 0 Å². The zero-order valence-electron chi connectivity index (χ0n) is 13.7. The Bertz CT molecular complexity index is 790. The average Bonchev–Trinajstić information content (AvgIpc) is 3.42. The van der Waals surface area contributed by atoms with E-state index in [0.29, 0.717) is 11.1 Å². The Labute approximate surface area is 157 Å². The minimum absolute atomic E-state index is 0.106. The molecule has 1 aliphatic carbocycles. The van der Waals surface area contributed by atoms with E-state index in [0.717, 1.165) is 43.4 Å². The van der Waals surface area contributed by atoms with Gasteiger partial charge in [0.05, 0.1) is 0 Å². The fourth-order valence-corrected chi connectivity index (χ4v) is 3.90. The molecule has 1 saturated carbocycles. The number of benzene rings is 1. The standard InChI is InChI=1S/C19H19Cl2N3O/c20-14-4-1-3-13(11-14)15-12-16(15)19(25)24-9-7-23(8-10-24)18-6-2-5-17(21)22-18/h1-6,11,15-16H,7-10,12H2. The number of piperazine rings is 1. The van der Waals surface area contributed by atoms with E-state index in [9.17, 15) is 4.79 Å². The van der Waals surface area contributed by atoms with Gasteiger partial charge in [-0.05, 0) is 42.2 Å². The lowest BCUT2D eigenvalue weighted by Gasteiger charge is -2.35. The fraction of sp³-hybridized carbons (Fsp3) is 0.368. The number of carbonyl (C=O) groups is 1. The second-order valence-electron chi connectivity index (χ2n) is 6.63. The maximum absolute atomic E-state index is 12.8. The second kappa shape index (κ2) is 6.85. The van der Waals surface area contributed by atoms with Gasteiger partial charge < -0.3 is 9.80 Å². The van der Waals surface area contributed by atoms with Crippen molar-refractivity contribution in [2.45, 2.75) is 12.3 Å². The van der Waals surface area contributed by atoms with E-state index >= 15 is 0 Å². The number of rotatable bonds is 3. The number of carbonyl (C=O) groups excluding carboxylic acids is 1. The minimum Gasteiger partial charge on any atom is -0.353 e. The molecule has 0 radical (unpaired) electrons. The molecule has 130 valence electrons. The van der Waals surface area contributed by atoms with Crippen molar-refractivity contribution in [3.05, 3.63) is 58.2 Å². The summed E-state index contributed by atoms with van der Waals surface area (Å²) in [6.45, 7) is 3.03. The molecule has 2 aromatic rings. The van der Waals surface area contributed by atoms with Gasteiger partial charge in [0.15, 0.2) is 0 Å². The highest BCUT2D eigenvalue weighted by Gasteiger charge is 2.46. The second-order valence-corrected chi connectivity index (χ2v) is 7.46. The molecule has 2 heterocycles. The third kappa shape index (κ3) is 3.60. The van der Waals surface area contributed by atoms with Gasteiger partial charge in [-0.15, -0.1) is 0 Å². The molecule has 1 amide bonds. The fourth-order valence-electron chi connectivity index (χ4n) is 3.54. The lowest BCUT2D eigenvalue weighted by molar-refractivity contribution is -0.133. The first-order chi connectivity index (χ1) is 12.1. The van der Waals surface area contributed by atoms with Crippen molar-refractivity contribution < 1.29 is 4.79 Å². The number of hydrogen-bond acceptors (Lipinski definition) is 3. The van der Waals surface area contributed by atoms with Crippen LogP contribution in [0.25, 0.3) is 0 Å². The molecule has 4 rings (SSSR count). The van der Waals surface area contributed by atoms with E-state index in [2.05, 4.69) is 16.0 Å². The third-order valence-corrected chi connectivity index (χ3v) is 5.45. The van der Waals surface area contributed by atoms with Gasteiger partial charge in [0.1, 0.15) is 11.0 Å². The first kappa shape index (κ1) is 16.7. The molecule has 2 unspecified atom stereocenters.